The predicted octanol–water partition coefficient (Wildman–Crippen LogP) is 2.85. The lowest BCUT2D eigenvalue weighted by atomic mass is 10.0. The van der Waals surface area contributed by atoms with Crippen molar-refractivity contribution in [2.24, 2.45) is 0 Å². The van der Waals surface area contributed by atoms with Gasteiger partial charge in [0.05, 0.1) is 12.4 Å². The first-order valence-corrected chi connectivity index (χ1v) is 7.09. The third kappa shape index (κ3) is 3.94. The normalized spacial score (nSPS) is 14.1. The van der Waals surface area contributed by atoms with E-state index in [2.05, 4.69) is 13.8 Å². The predicted molar refractivity (Wildman–Crippen MR) is 64.9 cm³/mol. The molecular formula is C12H18O3S. The third-order valence-corrected chi connectivity index (χ3v) is 3.03. The first-order chi connectivity index (χ1) is 7.29. The van der Waals surface area contributed by atoms with E-state index in [4.69, 9.17) is 4.18 Å². The summed E-state index contributed by atoms with van der Waals surface area (Å²) >= 11 is 0. The molecule has 0 aliphatic carbocycles. The van der Waals surface area contributed by atoms with Crippen LogP contribution in [0.2, 0.25) is 0 Å². The SMILES string of the molecule is CC(C)c1ccc(C(C)OS(C)(=O)=O)cc1. The maximum atomic E-state index is 11.0. The molecule has 0 saturated heterocycles. The molecule has 16 heavy (non-hydrogen) atoms. The summed E-state index contributed by atoms with van der Waals surface area (Å²) < 4.78 is 26.8. The fourth-order valence-corrected chi connectivity index (χ4v) is 2.11. The molecule has 0 heterocycles. The van der Waals surface area contributed by atoms with Gasteiger partial charge in [-0.15, -0.1) is 0 Å². The molecule has 0 N–H and O–H groups in total. The Morgan fingerprint density at radius 3 is 1.81 bits per heavy atom. The minimum atomic E-state index is -3.40. The van der Waals surface area contributed by atoms with Gasteiger partial charge in [0.25, 0.3) is 10.1 Å². The van der Waals surface area contributed by atoms with Gasteiger partial charge in [0.2, 0.25) is 0 Å². The zero-order chi connectivity index (χ0) is 12.3. The fraction of sp³-hybridized carbons (Fsp3) is 0.500. The van der Waals surface area contributed by atoms with Crippen molar-refractivity contribution in [2.45, 2.75) is 32.8 Å². The van der Waals surface area contributed by atoms with Gasteiger partial charge in [-0.05, 0) is 24.0 Å². The van der Waals surface area contributed by atoms with Crippen LogP contribution in [0.3, 0.4) is 0 Å². The molecule has 1 aromatic carbocycles. The molecule has 0 saturated carbocycles. The highest BCUT2D eigenvalue weighted by atomic mass is 32.2. The monoisotopic (exact) mass is 242 g/mol. The second kappa shape index (κ2) is 4.97. The van der Waals surface area contributed by atoms with Crippen LogP contribution in [0.5, 0.6) is 0 Å². The molecule has 0 spiro atoms. The van der Waals surface area contributed by atoms with Gasteiger partial charge in [0.1, 0.15) is 0 Å². The van der Waals surface area contributed by atoms with Gasteiger partial charge in [-0.1, -0.05) is 38.1 Å². The van der Waals surface area contributed by atoms with E-state index in [1.165, 1.54) is 5.56 Å². The van der Waals surface area contributed by atoms with Crippen molar-refractivity contribution in [3.8, 4) is 0 Å². The second-order valence-electron chi connectivity index (χ2n) is 4.26. The summed E-state index contributed by atoms with van der Waals surface area (Å²) in [6.45, 7) is 5.96. The lowest BCUT2D eigenvalue weighted by Gasteiger charge is -2.12. The lowest BCUT2D eigenvalue weighted by Crippen LogP contribution is -2.07. The lowest BCUT2D eigenvalue weighted by molar-refractivity contribution is 0.236. The average molecular weight is 242 g/mol. The smallest absolute Gasteiger partial charge is 0.262 e. The standard InChI is InChI=1S/C12H18O3S/c1-9(2)11-5-7-12(8-6-11)10(3)15-16(4,13)14/h5-10H,1-4H3. The van der Waals surface area contributed by atoms with Crippen LogP contribution in [-0.4, -0.2) is 14.7 Å². The first kappa shape index (κ1) is 13.2. The minimum absolute atomic E-state index is 0.434. The Kier molecular flexibility index (Phi) is 4.10. The van der Waals surface area contributed by atoms with Gasteiger partial charge in [0.15, 0.2) is 0 Å². The van der Waals surface area contributed by atoms with Crippen LogP contribution >= 0.6 is 0 Å². The van der Waals surface area contributed by atoms with E-state index in [0.717, 1.165) is 11.8 Å². The van der Waals surface area contributed by atoms with Crippen LogP contribution < -0.4 is 0 Å². The van der Waals surface area contributed by atoms with Crippen molar-refractivity contribution in [1.82, 2.24) is 0 Å². The zero-order valence-electron chi connectivity index (χ0n) is 10.1. The summed E-state index contributed by atoms with van der Waals surface area (Å²) in [6, 6.07) is 7.82. The Morgan fingerprint density at radius 2 is 1.44 bits per heavy atom. The second-order valence-corrected chi connectivity index (χ2v) is 5.86. The van der Waals surface area contributed by atoms with Crippen LogP contribution in [0.25, 0.3) is 0 Å². The molecule has 0 aromatic heterocycles. The van der Waals surface area contributed by atoms with Crippen molar-refractivity contribution >= 4 is 10.1 Å². The first-order valence-electron chi connectivity index (χ1n) is 5.27. The maximum Gasteiger partial charge on any atom is 0.264 e. The van der Waals surface area contributed by atoms with Gasteiger partial charge in [-0.2, -0.15) is 8.42 Å². The molecule has 0 fully saturated rings. The van der Waals surface area contributed by atoms with Gasteiger partial charge < -0.3 is 0 Å². The molecule has 1 unspecified atom stereocenters. The summed E-state index contributed by atoms with van der Waals surface area (Å²) in [6.07, 6.45) is 0.627. The van der Waals surface area contributed by atoms with Crippen molar-refractivity contribution in [3.05, 3.63) is 35.4 Å². The van der Waals surface area contributed by atoms with Crippen LogP contribution in [0, 0.1) is 0 Å². The highest BCUT2D eigenvalue weighted by molar-refractivity contribution is 7.86. The summed E-state index contributed by atoms with van der Waals surface area (Å²) in [5, 5.41) is 0. The summed E-state index contributed by atoms with van der Waals surface area (Å²) in [4.78, 5) is 0. The topological polar surface area (TPSA) is 43.4 Å². The molecule has 0 aliphatic heterocycles. The molecule has 0 bridgehead atoms. The highest BCUT2D eigenvalue weighted by Crippen LogP contribution is 2.21. The fourth-order valence-electron chi connectivity index (χ4n) is 1.47. The Hall–Kier alpha value is -0.870. The van der Waals surface area contributed by atoms with Crippen molar-refractivity contribution in [2.75, 3.05) is 6.26 Å². The number of benzene rings is 1. The van der Waals surface area contributed by atoms with E-state index in [0.29, 0.717) is 5.92 Å². The number of hydrogen-bond donors (Lipinski definition) is 0. The maximum absolute atomic E-state index is 11.0. The highest BCUT2D eigenvalue weighted by Gasteiger charge is 2.12. The Balaban J connectivity index is 2.82. The Bertz CT molecular complexity index is 432. The number of rotatable bonds is 4. The largest absolute Gasteiger partial charge is 0.264 e. The van der Waals surface area contributed by atoms with E-state index in [-0.39, 0.29) is 0 Å². The quantitative estimate of drug-likeness (QED) is 0.762. The molecule has 4 heteroatoms. The van der Waals surface area contributed by atoms with Crippen molar-refractivity contribution in [3.63, 3.8) is 0 Å². The molecule has 1 aromatic rings. The van der Waals surface area contributed by atoms with Crippen LogP contribution in [0.1, 0.15) is 43.9 Å². The minimum Gasteiger partial charge on any atom is -0.262 e. The molecule has 0 amide bonds. The molecule has 1 atom stereocenters. The van der Waals surface area contributed by atoms with Crippen molar-refractivity contribution in [1.29, 1.82) is 0 Å². The summed E-state index contributed by atoms with van der Waals surface area (Å²) in [7, 11) is -3.40. The molecule has 1 rings (SSSR count). The molecule has 0 aliphatic rings. The van der Waals surface area contributed by atoms with E-state index in [1.807, 2.05) is 24.3 Å². The van der Waals surface area contributed by atoms with Crippen LogP contribution in [0.4, 0.5) is 0 Å². The Labute approximate surface area is 97.6 Å². The molecule has 90 valence electrons. The molecule has 0 radical (unpaired) electrons. The average Bonchev–Trinajstić information content (AvgIpc) is 2.15. The van der Waals surface area contributed by atoms with E-state index < -0.39 is 16.2 Å². The molecule has 3 nitrogen and oxygen atoms in total. The van der Waals surface area contributed by atoms with E-state index >= 15 is 0 Å². The van der Waals surface area contributed by atoms with E-state index in [9.17, 15) is 8.42 Å². The van der Waals surface area contributed by atoms with E-state index in [1.54, 1.807) is 6.92 Å². The van der Waals surface area contributed by atoms with Gasteiger partial charge in [-0.3, -0.25) is 4.18 Å². The van der Waals surface area contributed by atoms with Crippen LogP contribution in [0.15, 0.2) is 24.3 Å². The van der Waals surface area contributed by atoms with Gasteiger partial charge in [-0.25, -0.2) is 0 Å². The van der Waals surface area contributed by atoms with Gasteiger partial charge >= 0.3 is 0 Å². The summed E-state index contributed by atoms with van der Waals surface area (Å²) in [5.41, 5.74) is 2.10. The zero-order valence-corrected chi connectivity index (χ0v) is 10.9. The van der Waals surface area contributed by atoms with Crippen LogP contribution in [-0.2, 0) is 14.3 Å². The Morgan fingerprint density at radius 1 is 1.00 bits per heavy atom. The number of hydrogen-bond acceptors (Lipinski definition) is 3. The summed E-state index contributed by atoms with van der Waals surface area (Å²) in [5.74, 6) is 0.472. The molecular weight excluding hydrogens is 224 g/mol. The third-order valence-electron chi connectivity index (χ3n) is 2.39. The van der Waals surface area contributed by atoms with Gasteiger partial charge in [0, 0.05) is 0 Å². The van der Waals surface area contributed by atoms with Crippen molar-refractivity contribution < 1.29 is 12.6 Å².